The Morgan fingerprint density at radius 2 is 1.91 bits per heavy atom. The van der Waals surface area contributed by atoms with Gasteiger partial charge in [-0.3, -0.25) is 4.79 Å². The molecule has 2 saturated heterocycles. The van der Waals surface area contributed by atoms with Crippen molar-refractivity contribution in [3.8, 4) is 0 Å². The molecule has 1 amide bonds. The molecule has 0 unspecified atom stereocenters. The number of carbonyl (C=O) groups is 1. The van der Waals surface area contributed by atoms with E-state index >= 15 is 0 Å². The first-order valence-electron chi connectivity index (χ1n) is 8.32. The Labute approximate surface area is 132 Å². The Kier molecular flexibility index (Phi) is 4.62. The molecule has 0 bridgehead atoms. The van der Waals surface area contributed by atoms with E-state index in [0.29, 0.717) is 6.04 Å². The number of amides is 1. The monoisotopic (exact) mass is 302 g/mol. The average molecular weight is 302 g/mol. The van der Waals surface area contributed by atoms with Crippen molar-refractivity contribution >= 4 is 11.7 Å². The van der Waals surface area contributed by atoms with Crippen molar-refractivity contribution < 1.29 is 4.79 Å². The second kappa shape index (κ2) is 6.65. The summed E-state index contributed by atoms with van der Waals surface area (Å²) < 4.78 is 0. The predicted octanol–water partition coefficient (Wildman–Crippen LogP) is 1.85. The summed E-state index contributed by atoms with van der Waals surface area (Å²) in [5.41, 5.74) is 0.762. The van der Waals surface area contributed by atoms with Crippen LogP contribution in [0.1, 0.15) is 36.0 Å². The first-order valence-corrected chi connectivity index (χ1v) is 8.32. The number of anilines is 1. The average Bonchev–Trinajstić information content (AvgIpc) is 3.09. The topological polar surface area (TPSA) is 39.7 Å². The van der Waals surface area contributed by atoms with Gasteiger partial charge >= 0.3 is 0 Å². The fourth-order valence-corrected chi connectivity index (χ4v) is 3.42. The van der Waals surface area contributed by atoms with Crippen LogP contribution in [0.15, 0.2) is 18.3 Å². The molecule has 3 rings (SSSR count). The van der Waals surface area contributed by atoms with Gasteiger partial charge in [-0.15, -0.1) is 0 Å². The van der Waals surface area contributed by atoms with E-state index in [1.54, 1.807) is 6.20 Å². The number of hydrogen-bond acceptors (Lipinski definition) is 4. The second-order valence-corrected chi connectivity index (χ2v) is 6.55. The van der Waals surface area contributed by atoms with E-state index in [-0.39, 0.29) is 5.91 Å². The van der Waals surface area contributed by atoms with E-state index in [4.69, 9.17) is 0 Å². The van der Waals surface area contributed by atoms with Crippen molar-refractivity contribution in [3.05, 3.63) is 23.9 Å². The number of pyridine rings is 1. The zero-order valence-corrected chi connectivity index (χ0v) is 13.7. The summed E-state index contributed by atoms with van der Waals surface area (Å²) in [5.74, 6) is 1.07. The maximum absolute atomic E-state index is 12.8. The highest BCUT2D eigenvalue weighted by Crippen LogP contribution is 2.21. The van der Waals surface area contributed by atoms with Crippen LogP contribution in [0.25, 0.3) is 0 Å². The number of piperidine rings is 1. The van der Waals surface area contributed by atoms with Gasteiger partial charge in [0.1, 0.15) is 5.82 Å². The highest BCUT2D eigenvalue weighted by molar-refractivity contribution is 5.94. The van der Waals surface area contributed by atoms with Crippen LogP contribution in [0.4, 0.5) is 5.82 Å². The third-order valence-electron chi connectivity index (χ3n) is 4.98. The fourth-order valence-electron chi connectivity index (χ4n) is 3.42. The van der Waals surface area contributed by atoms with Gasteiger partial charge in [0.2, 0.25) is 0 Å². The molecule has 2 aliphatic rings. The zero-order chi connectivity index (χ0) is 15.5. The van der Waals surface area contributed by atoms with E-state index in [2.05, 4.69) is 21.8 Å². The minimum absolute atomic E-state index is 0.123. The normalized spacial score (nSPS) is 20.4. The van der Waals surface area contributed by atoms with Gasteiger partial charge in [0, 0.05) is 37.9 Å². The number of rotatable bonds is 3. The minimum Gasteiger partial charge on any atom is -0.357 e. The molecule has 0 saturated carbocycles. The molecule has 0 aliphatic carbocycles. The molecule has 3 heterocycles. The summed E-state index contributed by atoms with van der Waals surface area (Å²) in [4.78, 5) is 23.7. The zero-order valence-electron chi connectivity index (χ0n) is 13.7. The van der Waals surface area contributed by atoms with Crippen LogP contribution in [0, 0.1) is 0 Å². The van der Waals surface area contributed by atoms with E-state index in [1.165, 1.54) is 12.8 Å². The lowest BCUT2D eigenvalue weighted by Crippen LogP contribution is -2.44. The summed E-state index contributed by atoms with van der Waals surface area (Å²) in [7, 11) is 4.08. The molecular weight excluding hydrogens is 276 g/mol. The van der Waals surface area contributed by atoms with Gasteiger partial charge in [0.05, 0.1) is 0 Å². The molecule has 0 N–H and O–H groups in total. The van der Waals surface area contributed by atoms with Gasteiger partial charge in [-0.25, -0.2) is 4.98 Å². The maximum Gasteiger partial charge on any atom is 0.254 e. The molecular formula is C17H26N4O. The van der Waals surface area contributed by atoms with Crippen molar-refractivity contribution in [2.75, 3.05) is 45.2 Å². The fraction of sp³-hybridized carbons (Fsp3) is 0.647. The minimum atomic E-state index is 0.123. The molecule has 5 heteroatoms. The Hall–Kier alpha value is -1.62. The molecule has 1 aromatic rings. The molecule has 2 fully saturated rings. The van der Waals surface area contributed by atoms with Gasteiger partial charge in [-0.1, -0.05) is 0 Å². The summed E-state index contributed by atoms with van der Waals surface area (Å²) in [6.45, 7) is 4.24. The smallest absolute Gasteiger partial charge is 0.254 e. The van der Waals surface area contributed by atoms with Crippen molar-refractivity contribution in [2.24, 2.45) is 0 Å². The lowest BCUT2D eigenvalue weighted by atomic mass is 10.0. The Morgan fingerprint density at radius 3 is 2.59 bits per heavy atom. The highest BCUT2D eigenvalue weighted by Gasteiger charge is 2.25. The molecule has 0 radical (unpaired) electrons. The van der Waals surface area contributed by atoms with Crippen molar-refractivity contribution in [1.29, 1.82) is 0 Å². The van der Waals surface area contributed by atoms with E-state index in [0.717, 1.165) is 50.4 Å². The van der Waals surface area contributed by atoms with Gasteiger partial charge in [-0.05, 0) is 58.0 Å². The van der Waals surface area contributed by atoms with Crippen molar-refractivity contribution in [3.63, 3.8) is 0 Å². The van der Waals surface area contributed by atoms with Gasteiger partial charge < -0.3 is 14.7 Å². The molecule has 5 nitrogen and oxygen atoms in total. The standard InChI is InChI=1S/C17H26N4O/c1-19-11-6-15(7-12-19)20(2)17(22)14-5-8-18-16(13-14)21-9-3-4-10-21/h5,8,13,15H,3-4,6-7,9-12H2,1-2H3. The van der Waals surface area contributed by atoms with Gasteiger partial charge in [-0.2, -0.15) is 0 Å². The number of aromatic nitrogens is 1. The largest absolute Gasteiger partial charge is 0.357 e. The number of likely N-dealkylation sites (tertiary alicyclic amines) is 1. The van der Waals surface area contributed by atoms with E-state index < -0.39 is 0 Å². The Balaban J connectivity index is 1.69. The summed E-state index contributed by atoms with van der Waals surface area (Å²) in [6.07, 6.45) is 6.32. The van der Waals surface area contributed by atoms with Gasteiger partial charge in [0.15, 0.2) is 0 Å². The van der Waals surface area contributed by atoms with Crippen LogP contribution in [0.3, 0.4) is 0 Å². The van der Waals surface area contributed by atoms with Crippen molar-refractivity contribution in [2.45, 2.75) is 31.7 Å². The summed E-state index contributed by atoms with van der Waals surface area (Å²) in [6, 6.07) is 4.15. The van der Waals surface area contributed by atoms with Crippen LogP contribution in [-0.2, 0) is 0 Å². The van der Waals surface area contributed by atoms with E-state index in [1.807, 2.05) is 24.1 Å². The molecule has 22 heavy (non-hydrogen) atoms. The molecule has 0 aromatic carbocycles. The molecule has 0 atom stereocenters. The second-order valence-electron chi connectivity index (χ2n) is 6.55. The Bertz CT molecular complexity index is 519. The Morgan fingerprint density at radius 1 is 1.23 bits per heavy atom. The van der Waals surface area contributed by atoms with Gasteiger partial charge in [0.25, 0.3) is 5.91 Å². The first-order chi connectivity index (χ1) is 10.6. The van der Waals surface area contributed by atoms with Crippen LogP contribution >= 0.6 is 0 Å². The predicted molar refractivity (Wildman–Crippen MR) is 88.3 cm³/mol. The third-order valence-corrected chi connectivity index (χ3v) is 4.98. The van der Waals surface area contributed by atoms with Crippen LogP contribution < -0.4 is 4.90 Å². The maximum atomic E-state index is 12.8. The molecule has 1 aromatic heterocycles. The summed E-state index contributed by atoms with van der Waals surface area (Å²) >= 11 is 0. The lowest BCUT2D eigenvalue weighted by Gasteiger charge is -2.35. The van der Waals surface area contributed by atoms with Crippen LogP contribution in [0.2, 0.25) is 0 Å². The molecule has 120 valence electrons. The lowest BCUT2D eigenvalue weighted by molar-refractivity contribution is 0.0659. The van der Waals surface area contributed by atoms with E-state index in [9.17, 15) is 4.79 Å². The third kappa shape index (κ3) is 3.24. The molecule has 0 spiro atoms. The van der Waals surface area contributed by atoms with Crippen LogP contribution in [0.5, 0.6) is 0 Å². The summed E-state index contributed by atoms with van der Waals surface area (Å²) in [5, 5.41) is 0. The number of carbonyl (C=O) groups excluding carboxylic acids is 1. The van der Waals surface area contributed by atoms with Crippen molar-refractivity contribution in [1.82, 2.24) is 14.8 Å². The number of nitrogens with zero attached hydrogens (tertiary/aromatic N) is 4. The number of hydrogen-bond donors (Lipinski definition) is 0. The highest BCUT2D eigenvalue weighted by atomic mass is 16.2. The van der Waals surface area contributed by atoms with Crippen LogP contribution in [-0.4, -0.2) is 67.0 Å². The molecule has 2 aliphatic heterocycles. The quantitative estimate of drug-likeness (QED) is 0.854. The first kappa shape index (κ1) is 15.3. The SMILES string of the molecule is CN1CCC(N(C)C(=O)c2ccnc(N3CCCC3)c2)CC1.